The minimum absolute atomic E-state index is 0.0634. The Kier molecular flexibility index (Phi) is 5.17. The van der Waals surface area contributed by atoms with E-state index < -0.39 is 10.0 Å². The first kappa shape index (κ1) is 15.5. The fraction of sp³-hybridized carbons (Fsp3) is 0.769. The van der Waals surface area contributed by atoms with Gasteiger partial charge in [0.05, 0.1) is 0 Å². The fourth-order valence-electron chi connectivity index (χ4n) is 2.57. The summed E-state index contributed by atoms with van der Waals surface area (Å²) in [5.41, 5.74) is 1.55. The van der Waals surface area contributed by atoms with Gasteiger partial charge in [-0.3, -0.25) is 5.10 Å². The Morgan fingerprint density at radius 1 is 1.35 bits per heavy atom. The van der Waals surface area contributed by atoms with Crippen LogP contribution in [0.1, 0.15) is 50.3 Å². The summed E-state index contributed by atoms with van der Waals surface area (Å²) in [6.45, 7) is 5.32. The Labute approximate surface area is 120 Å². The third-order valence-electron chi connectivity index (χ3n) is 3.70. The molecule has 0 atom stereocenters. The van der Waals surface area contributed by atoms with Crippen LogP contribution in [0.15, 0.2) is 5.03 Å². The number of H-pyrrole nitrogens is 1. The van der Waals surface area contributed by atoms with Gasteiger partial charge in [0.2, 0.25) is 0 Å². The van der Waals surface area contributed by atoms with Gasteiger partial charge in [-0.2, -0.15) is 5.10 Å². The summed E-state index contributed by atoms with van der Waals surface area (Å²) in [4.78, 5) is 0. The van der Waals surface area contributed by atoms with E-state index >= 15 is 0 Å². The molecule has 1 fully saturated rings. The molecule has 0 aliphatic heterocycles. The van der Waals surface area contributed by atoms with E-state index in [0.717, 1.165) is 49.9 Å². The van der Waals surface area contributed by atoms with Crippen LogP contribution in [0, 0.1) is 6.92 Å². The van der Waals surface area contributed by atoms with Gasteiger partial charge < -0.3 is 5.32 Å². The van der Waals surface area contributed by atoms with Gasteiger partial charge in [0, 0.05) is 23.8 Å². The molecule has 6 nitrogen and oxygen atoms in total. The topological polar surface area (TPSA) is 86.9 Å². The zero-order valence-corrected chi connectivity index (χ0v) is 13.0. The monoisotopic (exact) mass is 300 g/mol. The summed E-state index contributed by atoms with van der Waals surface area (Å²) in [7, 11) is -3.52. The van der Waals surface area contributed by atoms with Gasteiger partial charge in [-0.15, -0.1) is 0 Å². The number of aryl methyl sites for hydroxylation is 1. The molecule has 0 spiro atoms. The molecular weight excluding hydrogens is 276 g/mol. The van der Waals surface area contributed by atoms with E-state index in [9.17, 15) is 8.42 Å². The molecule has 1 aliphatic rings. The van der Waals surface area contributed by atoms with Gasteiger partial charge in [-0.1, -0.05) is 19.8 Å². The van der Waals surface area contributed by atoms with E-state index in [2.05, 4.69) is 27.2 Å². The molecule has 2 rings (SSSR count). The standard InChI is InChI=1S/C13H24N4O2S/c1-3-8-14-9-12-10(2)15-16-13(12)20(18,19)17-11-6-4-5-7-11/h11,14,17H,3-9H2,1-2H3,(H,15,16). The number of aromatic amines is 1. The fourth-order valence-corrected chi connectivity index (χ4v) is 4.07. The first-order chi connectivity index (χ1) is 9.54. The van der Waals surface area contributed by atoms with Gasteiger partial charge in [0.25, 0.3) is 10.0 Å². The van der Waals surface area contributed by atoms with Crippen molar-refractivity contribution in [2.75, 3.05) is 6.54 Å². The molecule has 114 valence electrons. The Morgan fingerprint density at radius 3 is 2.70 bits per heavy atom. The van der Waals surface area contributed by atoms with Crippen LogP contribution in [-0.2, 0) is 16.6 Å². The van der Waals surface area contributed by atoms with E-state index in [1.807, 2.05) is 6.92 Å². The molecule has 0 unspecified atom stereocenters. The predicted octanol–water partition coefficient (Wildman–Crippen LogP) is 1.44. The van der Waals surface area contributed by atoms with Crippen LogP contribution in [0.2, 0.25) is 0 Å². The lowest BCUT2D eigenvalue weighted by atomic mass is 10.2. The highest BCUT2D eigenvalue weighted by Crippen LogP contribution is 2.22. The third kappa shape index (κ3) is 3.59. The Morgan fingerprint density at radius 2 is 2.05 bits per heavy atom. The van der Waals surface area contributed by atoms with Crippen LogP contribution in [-0.4, -0.2) is 31.2 Å². The number of aromatic nitrogens is 2. The SMILES string of the molecule is CCCNCc1c(S(=O)(=O)NC2CCCC2)n[nH]c1C. The molecule has 0 aromatic carbocycles. The molecule has 7 heteroatoms. The van der Waals surface area contributed by atoms with Gasteiger partial charge in [-0.05, 0) is 32.7 Å². The molecule has 1 aromatic heterocycles. The summed E-state index contributed by atoms with van der Waals surface area (Å²) in [5.74, 6) is 0. The lowest BCUT2D eigenvalue weighted by Crippen LogP contribution is -2.33. The predicted molar refractivity (Wildman–Crippen MR) is 77.9 cm³/mol. The summed E-state index contributed by atoms with van der Waals surface area (Å²) in [6, 6.07) is 0.0634. The van der Waals surface area contributed by atoms with Crippen molar-refractivity contribution in [3.8, 4) is 0 Å². The molecule has 1 aromatic rings. The number of hydrogen-bond acceptors (Lipinski definition) is 4. The second kappa shape index (κ2) is 6.69. The number of nitrogens with one attached hydrogen (secondary N) is 3. The molecule has 0 bridgehead atoms. The van der Waals surface area contributed by atoms with Crippen molar-refractivity contribution in [2.24, 2.45) is 0 Å². The molecule has 1 heterocycles. The smallest absolute Gasteiger partial charge is 0.260 e. The second-order valence-electron chi connectivity index (χ2n) is 5.41. The zero-order valence-electron chi connectivity index (χ0n) is 12.2. The molecule has 0 amide bonds. The van der Waals surface area contributed by atoms with E-state index in [-0.39, 0.29) is 11.1 Å². The first-order valence-corrected chi connectivity index (χ1v) is 8.79. The van der Waals surface area contributed by atoms with Gasteiger partial charge >= 0.3 is 0 Å². The van der Waals surface area contributed by atoms with Crippen molar-refractivity contribution in [1.29, 1.82) is 0 Å². The van der Waals surface area contributed by atoms with E-state index in [4.69, 9.17) is 0 Å². The summed E-state index contributed by atoms with van der Waals surface area (Å²) < 4.78 is 27.6. The largest absolute Gasteiger partial charge is 0.313 e. The van der Waals surface area contributed by atoms with Gasteiger partial charge in [0.1, 0.15) is 0 Å². The van der Waals surface area contributed by atoms with Crippen molar-refractivity contribution >= 4 is 10.0 Å². The highest BCUT2D eigenvalue weighted by atomic mass is 32.2. The highest BCUT2D eigenvalue weighted by Gasteiger charge is 2.27. The molecular formula is C13H24N4O2S. The molecule has 3 N–H and O–H groups in total. The highest BCUT2D eigenvalue weighted by molar-refractivity contribution is 7.89. The van der Waals surface area contributed by atoms with E-state index in [1.54, 1.807) is 0 Å². The Hall–Kier alpha value is -0.920. The second-order valence-corrected chi connectivity index (χ2v) is 7.04. The Bertz CT molecular complexity index is 533. The summed E-state index contributed by atoms with van der Waals surface area (Å²) >= 11 is 0. The average molecular weight is 300 g/mol. The lowest BCUT2D eigenvalue weighted by molar-refractivity contribution is 0.546. The van der Waals surface area contributed by atoms with Crippen molar-refractivity contribution in [3.63, 3.8) is 0 Å². The summed E-state index contributed by atoms with van der Waals surface area (Å²) in [5, 5.41) is 10.2. The van der Waals surface area contributed by atoms with Crippen LogP contribution in [0.3, 0.4) is 0 Å². The molecule has 20 heavy (non-hydrogen) atoms. The maximum atomic E-state index is 12.4. The number of hydrogen-bond donors (Lipinski definition) is 3. The van der Waals surface area contributed by atoms with Crippen molar-refractivity contribution < 1.29 is 8.42 Å². The van der Waals surface area contributed by atoms with Crippen LogP contribution in [0.4, 0.5) is 0 Å². The van der Waals surface area contributed by atoms with Crippen molar-refractivity contribution in [3.05, 3.63) is 11.3 Å². The van der Waals surface area contributed by atoms with Crippen LogP contribution in [0.5, 0.6) is 0 Å². The van der Waals surface area contributed by atoms with Gasteiger partial charge in [0.15, 0.2) is 5.03 Å². The molecule has 0 radical (unpaired) electrons. The van der Waals surface area contributed by atoms with E-state index in [1.165, 1.54) is 0 Å². The zero-order chi connectivity index (χ0) is 14.6. The average Bonchev–Trinajstić information content (AvgIpc) is 3.00. The number of rotatable bonds is 7. The number of sulfonamides is 1. The first-order valence-electron chi connectivity index (χ1n) is 7.31. The quantitative estimate of drug-likeness (QED) is 0.665. The van der Waals surface area contributed by atoms with Crippen LogP contribution in [0.25, 0.3) is 0 Å². The maximum absolute atomic E-state index is 12.4. The molecule has 0 saturated heterocycles. The van der Waals surface area contributed by atoms with Crippen LogP contribution < -0.4 is 10.0 Å². The summed E-state index contributed by atoms with van der Waals surface area (Å²) in [6.07, 6.45) is 5.05. The Balaban J connectivity index is 2.13. The number of nitrogens with zero attached hydrogens (tertiary/aromatic N) is 1. The molecule has 1 saturated carbocycles. The third-order valence-corrected chi connectivity index (χ3v) is 5.19. The van der Waals surface area contributed by atoms with Gasteiger partial charge in [-0.25, -0.2) is 13.1 Å². The van der Waals surface area contributed by atoms with Crippen molar-refractivity contribution in [1.82, 2.24) is 20.2 Å². The minimum atomic E-state index is -3.52. The van der Waals surface area contributed by atoms with Crippen LogP contribution >= 0.6 is 0 Å². The van der Waals surface area contributed by atoms with Crippen molar-refractivity contribution in [2.45, 2.75) is 63.6 Å². The minimum Gasteiger partial charge on any atom is -0.313 e. The lowest BCUT2D eigenvalue weighted by Gasteiger charge is -2.12. The normalized spacial score (nSPS) is 16.9. The molecule has 1 aliphatic carbocycles. The van der Waals surface area contributed by atoms with E-state index in [0.29, 0.717) is 6.54 Å². The maximum Gasteiger partial charge on any atom is 0.260 e.